The van der Waals surface area contributed by atoms with Gasteiger partial charge in [0.25, 0.3) is 0 Å². The van der Waals surface area contributed by atoms with Crippen molar-refractivity contribution in [3.05, 3.63) is 106 Å². The number of hydrogen-bond acceptors (Lipinski definition) is 4. The average Bonchev–Trinajstić information content (AvgIpc) is 3.06. The van der Waals surface area contributed by atoms with Crippen molar-refractivity contribution in [2.45, 2.75) is 71.9 Å². The summed E-state index contributed by atoms with van der Waals surface area (Å²) in [6.45, 7) is 12.5. The van der Waals surface area contributed by atoms with Crippen molar-refractivity contribution in [3.63, 3.8) is 0 Å². The van der Waals surface area contributed by atoms with Crippen LogP contribution < -0.4 is 10.2 Å². The third-order valence-corrected chi connectivity index (χ3v) is 8.89. The second-order valence-corrected chi connectivity index (χ2v) is 13.7. The van der Waals surface area contributed by atoms with E-state index in [-0.39, 0.29) is 35.1 Å². The molecule has 0 spiro atoms. The van der Waals surface area contributed by atoms with Crippen LogP contribution in [0.4, 0.5) is 11.4 Å². The number of para-hydroxylation sites is 2. The first-order chi connectivity index (χ1) is 19.5. The van der Waals surface area contributed by atoms with Crippen LogP contribution in [0.1, 0.15) is 75.8 Å². The molecule has 1 unspecified atom stereocenters. The minimum Gasteiger partial charge on any atom is -0.357 e. The van der Waals surface area contributed by atoms with Crippen LogP contribution in [-0.4, -0.2) is 29.7 Å². The molecule has 5 nitrogen and oxygen atoms in total. The molecular formula is C36H41N3O2. The van der Waals surface area contributed by atoms with Crippen molar-refractivity contribution in [1.29, 1.82) is 0 Å². The van der Waals surface area contributed by atoms with Gasteiger partial charge in [0.2, 0.25) is 5.91 Å². The van der Waals surface area contributed by atoms with Gasteiger partial charge in [-0.2, -0.15) is 0 Å². The molecule has 212 valence electrons. The highest BCUT2D eigenvalue weighted by atomic mass is 16.2. The quantitative estimate of drug-likeness (QED) is 0.377. The molecule has 1 N–H and O–H groups in total. The van der Waals surface area contributed by atoms with Crippen LogP contribution in [0.2, 0.25) is 0 Å². The Bertz CT molecular complexity index is 1530. The van der Waals surface area contributed by atoms with Gasteiger partial charge in [-0.15, -0.1) is 0 Å². The standard InChI is InChI=1S/C36H41N3O2/c1-35(2,3)27-16-14-25(15-17-27)34-33-29(20-36(4,5)21-31(33)40)37-28-12-8-9-13-30(28)39(34)23-32(41)38-19-18-24-10-6-7-11-26(24)22-38/h6-17,34,37H,18-23H2,1-5H3. The van der Waals surface area contributed by atoms with E-state index < -0.39 is 0 Å². The largest absolute Gasteiger partial charge is 0.357 e. The number of rotatable bonds is 3. The maximum Gasteiger partial charge on any atom is 0.242 e. The van der Waals surface area contributed by atoms with Crippen molar-refractivity contribution in [1.82, 2.24) is 4.90 Å². The lowest BCUT2D eigenvalue weighted by atomic mass is 9.73. The molecule has 0 saturated heterocycles. The first kappa shape index (κ1) is 27.3. The minimum absolute atomic E-state index is 0.0193. The van der Waals surface area contributed by atoms with E-state index in [4.69, 9.17) is 0 Å². The van der Waals surface area contributed by atoms with E-state index in [1.807, 2.05) is 23.1 Å². The van der Waals surface area contributed by atoms with E-state index in [1.54, 1.807) is 0 Å². The lowest BCUT2D eigenvalue weighted by Crippen LogP contribution is -2.45. The summed E-state index contributed by atoms with van der Waals surface area (Å²) in [5.74, 6) is 0.240. The molecule has 3 aliphatic rings. The van der Waals surface area contributed by atoms with Crippen LogP contribution in [0.5, 0.6) is 0 Å². The molecule has 41 heavy (non-hydrogen) atoms. The van der Waals surface area contributed by atoms with Gasteiger partial charge in [-0.1, -0.05) is 95.3 Å². The van der Waals surface area contributed by atoms with E-state index in [9.17, 15) is 9.59 Å². The molecule has 6 rings (SSSR count). The Labute approximate surface area is 244 Å². The van der Waals surface area contributed by atoms with Gasteiger partial charge in [-0.05, 0) is 58.1 Å². The molecule has 0 radical (unpaired) electrons. The van der Waals surface area contributed by atoms with Crippen LogP contribution in [0.3, 0.4) is 0 Å². The average molecular weight is 548 g/mol. The number of amides is 1. The Morgan fingerprint density at radius 3 is 2.34 bits per heavy atom. The van der Waals surface area contributed by atoms with E-state index in [0.29, 0.717) is 19.5 Å². The molecule has 0 fully saturated rings. The first-order valence-corrected chi connectivity index (χ1v) is 14.8. The number of fused-ring (bicyclic) bond motifs is 2. The monoisotopic (exact) mass is 547 g/mol. The van der Waals surface area contributed by atoms with Gasteiger partial charge < -0.3 is 15.1 Å². The van der Waals surface area contributed by atoms with Crippen LogP contribution in [0.15, 0.2) is 84.1 Å². The summed E-state index contributed by atoms with van der Waals surface area (Å²) in [6, 6.07) is 24.9. The summed E-state index contributed by atoms with van der Waals surface area (Å²) < 4.78 is 0. The molecule has 0 bridgehead atoms. The summed E-state index contributed by atoms with van der Waals surface area (Å²) in [6.07, 6.45) is 2.13. The van der Waals surface area contributed by atoms with Gasteiger partial charge in [-0.3, -0.25) is 9.59 Å². The molecule has 2 aliphatic heterocycles. The number of nitrogens with zero attached hydrogens (tertiary/aromatic N) is 2. The zero-order chi connectivity index (χ0) is 28.9. The van der Waals surface area contributed by atoms with Gasteiger partial charge in [0, 0.05) is 30.8 Å². The predicted molar refractivity (Wildman–Crippen MR) is 166 cm³/mol. The number of benzene rings is 3. The topological polar surface area (TPSA) is 52.7 Å². The highest BCUT2D eigenvalue weighted by Gasteiger charge is 2.42. The first-order valence-electron chi connectivity index (χ1n) is 14.8. The minimum atomic E-state index is -0.361. The lowest BCUT2D eigenvalue weighted by Gasteiger charge is -2.39. The Morgan fingerprint density at radius 1 is 0.927 bits per heavy atom. The van der Waals surface area contributed by atoms with Crippen molar-refractivity contribution >= 4 is 23.1 Å². The van der Waals surface area contributed by atoms with Crippen molar-refractivity contribution in [3.8, 4) is 0 Å². The predicted octanol–water partition coefficient (Wildman–Crippen LogP) is 7.19. The van der Waals surface area contributed by atoms with Crippen molar-refractivity contribution in [2.24, 2.45) is 5.41 Å². The fourth-order valence-corrected chi connectivity index (χ4v) is 6.69. The Kier molecular flexibility index (Phi) is 6.80. The summed E-state index contributed by atoms with van der Waals surface area (Å²) in [7, 11) is 0. The Hall–Kier alpha value is -3.86. The van der Waals surface area contributed by atoms with E-state index >= 15 is 0 Å². The number of ketones is 1. The second kappa shape index (κ2) is 10.2. The zero-order valence-corrected chi connectivity index (χ0v) is 25.0. The molecule has 0 aromatic heterocycles. The molecule has 0 saturated carbocycles. The zero-order valence-electron chi connectivity index (χ0n) is 25.0. The van der Waals surface area contributed by atoms with E-state index in [2.05, 4.69) is 99.4 Å². The molecule has 1 amide bonds. The molecule has 5 heteroatoms. The number of Topliss-reactive ketones (excluding diaryl/α,β-unsaturated/α-hetero) is 1. The van der Waals surface area contributed by atoms with Crippen molar-refractivity contribution < 1.29 is 9.59 Å². The maximum atomic E-state index is 14.1. The number of carbonyl (C=O) groups excluding carboxylic acids is 2. The van der Waals surface area contributed by atoms with Gasteiger partial charge in [0.15, 0.2) is 5.78 Å². The molecule has 3 aromatic rings. The van der Waals surface area contributed by atoms with E-state index in [1.165, 1.54) is 16.7 Å². The summed E-state index contributed by atoms with van der Waals surface area (Å²) >= 11 is 0. The highest BCUT2D eigenvalue weighted by Crippen LogP contribution is 2.48. The number of allylic oxidation sites excluding steroid dienone is 1. The molecule has 1 atom stereocenters. The van der Waals surface area contributed by atoms with Crippen LogP contribution >= 0.6 is 0 Å². The van der Waals surface area contributed by atoms with Crippen LogP contribution in [0, 0.1) is 5.41 Å². The normalized spacial score (nSPS) is 20.0. The molecule has 2 heterocycles. The maximum absolute atomic E-state index is 14.1. The fraction of sp³-hybridized carbons (Fsp3) is 0.389. The number of anilines is 2. The number of carbonyl (C=O) groups is 2. The van der Waals surface area contributed by atoms with E-state index in [0.717, 1.165) is 41.1 Å². The van der Waals surface area contributed by atoms with Gasteiger partial charge in [0.05, 0.1) is 24.0 Å². The third kappa shape index (κ3) is 5.30. The summed E-state index contributed by atoms with van der Waals surface area (Å²) in [5.41, 5.74) is 8.36. The number of nitrogens with one attached hydrogen (secondary N) is 1. The summed E-state index contributed by atoms with van der Waals surface area (Å²) in [5, 5.41) is 3.67. The smallest absolute Gasteiger partial charge is 0.242 e. The Balaban J connectivity index is 1.45. The Morgan fingerprint density at radius 2 is 1.61 bits per heavy atom. The number of hydrogen-bond donors (Lipinski definition) is 1. The highest BCUT2D eigenvalue weighted by molar-refractivity contribution is 6.02. The van der Waals surface area contributed by atoms with Crippen LogP contribution in [-0.2, 0) is 28.0 Å². The third-order valence-electron chi connectivity index (χ3n) is 8.89. The SMILES string of the molecule is CC1(C)CC(=O)C2=C(C1)Nc1ccccc1N(CC(=O)N1CCc3ccccc3C1)C2c1ccc(C(C)(C)C)cc1. The summed E-state index contributed by atoms with van der Waals surface area (Å²) in [4.78, 5) is 32.2. The van der Waals surface area contributed by atoms with Crippen LogP contribution in [0.25, 0.3) is 0 Å². The molecular weight excluding hydrogens is 506 g/mol. The fourth-order valence-electron chi connectivity index (χ4n) is 6.69. The molecule has 1 aliphatic carbocycles. The van der Waals surface area contributed by atoms with Crippen molar-refractivity contribution in [2.75, 3.05) is 23.3 Å². The van der Waals surface area contributed by atoms with Gasteiger partial charge in [-0.25, -0.2) is 0 Å². The second-order valence-electron chi connectivity index (χ2n) is 13.7. The lowest BCUT2D eigenvalue weighted by molar-refractivity contribution is -0.130. The van der Waals surface area contributed by atoms with Gasteiger partial charge in [0.1, 0.15) is 0 Å². The van der Waals surface area contributed by atoms with Gasteiger partial charge >= 0.3 is 0 Å². The molecule has 3 aromatic carbocycles.